The molecule has 1 heterocycles. The summed E-state index contributed by atoms with van der Waals surface area (Å²) in [4.78, 5) is 48.6. The maximum absolute atomic E-state index is 12.9. The lowest BCUT2D eigenvalue weighted by atomic mass is 9.90. The van der Waals surface area contributed by atoms with Crippen molar-refractivity contribution in [1.82, 2.24) is 5.32 Å². The summed E-state index contributed by atoms with van der Waals surface area (Å²) in [5.41, 5.74) is -2.51. The van der Waals surface area contributed by atoms with Gasteiger partial charge in [0, 0.05) is 12.5 Å². The first-order chi connectivity index (χ1) is 11.4. The van der Waals surface area contributed by atoms with E-state index in [1.807, 2.05) is 0 Å². The molecule has 1 N–H and O–H groups in total. The lowest BCUT2D eigenvalue weighted by molar-refractivity contribution is -0.174. The van der Waals surface area contributed by atoms with Crippen LogP contribution in [0.15, 0.2) is 41.7 Å². The Labute approximate surface area is 137 Å². The number of esters is 2. The van der Waals surface area contributed by atoms with E-state index in [1.165, 1.54) is 12.1 Å². The van der Waals surface area contributed by atoms with E-state index in [4.69, 9.17) is 9.47 Å². The molecule has 0 fully saturated rings. The number of Topliss-reactive ketones (excluding diaryl/α,β-unsaturated/α-hetero) is 1. The molecule has 1 unspecified atom stereocenters. The zero-order chi connectivity index (χ0) is 17.9. The second-order valence-electron chi connectivity index (χ2n) is 4.82. The first kappa shape index (κ1) is 17.2. The molecule has 1 aliphatic heterocycles. The molecule has 1 aromatic rings. The Hall–Kier alpha value is -3.16. The average molecular weight is 333 g/mol. The number of ketones is 1. The number of hydrogen-bond donors (Lipinski definition) is 1. The van der Waals surface area contributed by atoms with Gasteiger partial charge in [0.15, 0.2) is 11.3 Å². The smallest absolute Gasteiger partial charge is 0.347 e. The molecule has 0 saturated heterocycles. The van der Waals surface area contributed by atoms with Crippen LogP contribution in [0.25, 0.3) is 0 Å². The average Bonchev–Trinajstić information content (AvgIpc) is 2.57. The van der Waals surface area contributed by atoms with Crippen LogP contribution in [-0.4, -0.2) is 37.8 Å². The van der Waals surface area contributed by atoms with Crippen LogP contribution in [0.5, 0.6) is 0 Å². The summed E-state index contributed by atoms with van der Waals surface area (Å²) in [6, 6.07) is 7.89. The minimum Gasteiger partial charge on any atom is -0.492 e. The fraction of sp³-hybridized carbons (Fsp3) is 0.250. The van der Waals surface area contributed by atoms with Gasteiger partial charge in [-0.1, -0.05) is 30.3 Å². The summed E-state index contributed by atoms with van der Waals surface area (Å²) >= 11 is 0. The highest BCUT2D eigenvalue weighted by atomic mass is 16.6. The molecule has 0 aromatic heterocycles. The molecule has 0 saturated carbocycles. The summed E-state index contributed by atoms with van der Waals surface area (Å²) in [5.74, 6) is -4.24. The molecule has 8 heteroatoms. The molecular weight excluding hydrogens is 318 g/mol. The Morgan fingerprint density at radius 1 is 1.08 bits per heavy atom. The highest BCUT2D eigenvalue weighted by Crippen LogP contribution is 2.33. The number of benzene rings is 1. The van der Waals surface area contributed by atoms with Crippen molar-refractivity contribution in [2.24, 2.45) is 0 Å². The number of hydrogen-bond acceptors (Lipinski definition) is 7. The molecular formula is C16H15NO7. The van der Waals surface area contributed by atoms with Crippen molar-refractivity contribution in [2.45, 2.75) is 12.6 Å². The second-order valence-corrected chi connectivity index (χ2v) is 4.82. The van der Waals surface area contributed by atoms with Gasteiger partial charge in [0.05, 0.1) is 14.2 Å². The van der Waals surface area contributed by atoms with Crippen molar-refractivity contribution >= 4 is 23.6 Å². The van der Waals surface area contributed by atoms with Gasteiger partial charge in [0.2, 0.25) is 0 Å². The highest BCUT2D eigenvalue weighted by molar-refractivity contribution is 6.25. The van der Waals surface area contributed by atoms with Crippen molar-refractivity contribution in [2.75, 3.05) is 14.2 Å². The van der Waals surface area contributed by atoms with Crippen LogP contribution in [0.3, 0.4) is 0 Å². The Balaban J connectivity index is 2.70. The van der Waals surface area contributed by atoms with Crippen molar-refractivity contribution in [1.29, 1.82) is 0 Å². The molecule has 126 valence electrons. The molecule has 0 spiro atoms. The third-order valence-electron chi connectivity index (χ3n) is 3.34. The number of rotatable bonds is 4. The van der Waals surface area contributed by atoms with E-state index in [0.717, 1.165) is 21.1 Å². The van der Waals surface area contributed by atoms with Crippen LogP contribution in [0.1, 0.15) is 12.5 Å². The third kappa shape index (κ3) is 2.73. The third-order valence-corrected chi connectivity index (χ3v) is 3.34. The lowest BCUT2D eigenvalue weighted by Crippen LogP contribution is -2.59. The lowest BCUT2D eigenvalue weighted by Gasteiger charge is -2.36. The van der Waals surface area contributed by atoms with Gasteiger partial charge < -0.3 is 19.5 Å². The molecule has 8 nitrogen and oxygen atoms in total. The van der Waals surface area contributed by atoms with Gasteiger partial charge in [-0.2, -0.15) is 0 Å². The first-order valence-electron chi connectivity index (χ1n) is 6.86. The summed E-state index contributed by atoms with van der Waals surface area (Å²) in [6.07, 6.45) is 0. The maximum atomic E-state index is 12.9. The van der Waals surface area contributed by atoms with E-state index in [1.54, 1.807) is 18.2 Å². The van der Waals surface area contributed by atoms with Crippen molar-refractivity contribution in [3.05, 3.63) is 47.2 Å². The topological polar surface area (TPSA) is 108 Å². The largest absolute Gasteiger partial charge is 0.492 e. The molecule has 0 aliphatic carbocycles. The number of carbonyl (C=O) groups is 4. The van der Waals surface area contributed by atoms with Crippen LogP contribution in [0.2, 0.25) is 0 Å². The maximum Gasteiger partial charge on any atom is 0.347 e. The normalized spacial score (nSPS) is 20.3. The predicted molar refractivity (Wildman–Crippen MR) is 79.1 cm³/mol. The molecule has 1 aromatic carbocycles. The van der Waals surface area contributed by atoms with Gasteiger partial charge >= 0.3 is 11.9 Å². The SMILES string of the molecule is COC(=O)C1=C(OC)C(=O)C(OC(C)=O)(c2ccccc2)NC1=O. The molecule has 0 radical (unpaired) electrons. The summed E-state index contributed by atoms with van der Waals surface area (Å²) < 4.78 is 14.6. The molecule has 1 atom stereocenters. The Morgan fingerprint density at radius 2 is 1.71 bits per heavy atom. The first-order valence-corrected chi connectivity index (χ1v) is 6.86. The molecule has 0 bridgehead atoms. The summed E-state index contributed by atoms with van der Waals surface area (Å²) in [7, 11) is 2.18. The van der Waals surface area contributed by atoms with Crippen LogP contribution in [0.4, 0.5) is 0 Å². The van der Waals surface area contributed by atoms with E-state index in [9.17, 15) is 19.2 Å². The van der Waals surface area contributed by atoms with E-state index < -0.39 is 40.7 Å². The van der Waals surface area contributed by atoms with Gasteiger partial charge in [-0.25, -0.2) is 4.79 Å². The quantitative estimate of drug-likeness (QED) is 0.618. The van der Waals surface area contributed by atoms with Gasteiger partial charge in [0.25, 0.3) is 17.4 Å². The minimum absolute atomic E-state index is 0.206. The van der Waals surface area contributed by atoms with Crippen molar-refractivity contribution in [3.8, 4) is 0 Å². The standard InChI is InChI=1S/C16H15NO7/c1-9(18)24-16(10-7-5-4-6-8-10)13(19)12(22-2)11(14(20)17-16)15(21)23-3/h4-8H,1-3H3,(H,17,20). The monoisotopic (exact) mass is 333 g/mol. The van der Waals surface area contributed by atoms with Crippen molar-refractivity contribution < 1.29 is 33.4 Å². The van der Waals surface area contributed by atoms with E-state index in [0.29, 0.717) is 0 Å². The van der Waals surface area contributed by atoms with E-state index >= 15 is 0 Å². The Kier molecular flexibility index (Phi) is 4.68. The zero-order valence-corrected chi connectivity index (χ0v) is 13.2. The van der Waals surface area contributed by atoms with E-state index in [2.05, 4.69) is 10.1 Å². The molecule has 1 amide bonds. The van der Waals surface area contributed by atoms with Crippen LogP contribution >= 0.6 is 0 Å². The Morgan fingerprint density at radius 3 is 2.21 bits per heavy atom. The number of ether oxygens (including phenoxy) is 3. The summed E-state index contributed by atoms with van der Waals surface area (Å²) in [6.45, 7) is 1.09. The minimum atomic E-state index is -2.12. The highest BCUT2D eigenvalue weighted by Gasteiger charge is 2.54. The van der Waals surface area contributed by atoms with Crippen LogP contribution in [-0.2, 0) is 39.1 Å². The summed E-state index contributed by atoms with van der Waals surface area (Å²) in [5, 5.41) is 2.29. The Bertz CT molecular complexity index is 738. The molecule has 1 aliphatic rings. The van der Waals surface area contributed by atoms with Crippen LogP contribution < -0.4 is 5.32 Å². The number of methoxy groups -OCH3 is 2. The zero-order valence-electron chi connectivity index (χ0n) is 13.2. The van der Waals surface area contributed by atoms with Gasteiger partial charge in [-0.05, 0) is 0 Å². The fourth-order valence-corrected chi connectivity index (χ4v) is 2.36. The van der Waals surface area contributed by atoms with Gasteiger partial charge in [-0.15, -0.1) is 0 Å². The van der Waals surface area contributed by atoms with Crippen molar-refractivity contribution in [3.63, 3.8) is 0 Å². The second kappa shape index (κ2) is 6.53. The van der Waals surface area contributed by atoms with Crippen LogP contribution in [0, 0.1) is 0 Å². The predicted octanol–water partition coefficient (Wildman–Crippen LogP) is 0.175. The number of nitrogens with one attached hydrogen (secondary N) is 1. The van der Waals surface area contributed by atoms with Gasteiger partial charge in [0.1, 0.15) is 0 Å². The molecule has 2 rings (SSSR count). The number of amides is 1. The van der Waals surface area contributed by atoms with E-state index in [-0.39, 0.29) is 5.56 Å². The number of carbonyl (C=O) groups excluding carboxylic acids is 4. The fourth-order valence-electron chi connectivity index (χ4n) is 2.36. The van der Waals surface area contributed by atoms with Gasteiger partial charge in [-0.3, -0.25) is 14.4 Å². The molecule has 24 heavy (non-hydrogen) atoms.